The molecule has 1 heterocycles. The fourth-order valence-corrected chi connectivity index (χ4v) is 3.02. The summed E-state index contributed by atoms with van der Waals surface area (Å²) in [5.74, 6) is -0.463. The van der Waals surface area contributed by atoms with E-state index < -0.39 is 10.9 Å². The molecule has 2 rings (SSSR count). The fourth-order valence-electron chi connectivity index (χ4n) is 1.83. The number of thiocarbonyl (C=S) groups is 1. The normalized spacial score (nSPS) is 10.0. The number of nitro groups is 1. The van der Waals surface area contributed by atoms with Crippen LogP contribution < -0.4 is 10.6 Å². The Balaban J connectivity index is 2.13. The first-order valence-electron chi connectivity index (χ1n) is 6.42. The van der Waals surface area contributed by atoms with Gasteiger partial charge in [0, 0.05) is 22.7 Å². The molecule has 0 unspecified atom stereocenters. The van der Waals surface area contributed by atoms with Crippen molar-refractivity contribution >= 4 is 51.0 Å². The maximum Gasteiger partial charge on any atom is 0.340 e. The van der Waals surface area contributed by atoms with E-state index in [9.17, 15) is 14.9 Å². The van der Waals surface area contributed by atoms with Crippen molar-refractivity contribution in [3.8, 4) is 0 Å². The molecule has 0 aliphatic rings. The number of ether oxygens (including phenoxy) is 1. The minimum Gasteiger partial charge on any atom is -0.465 e. The van der Waals surface area contributed by atoms with E-state index in [2.05, 4.69) is 10.6 Å². The van der Waals surface area contributed by atoms with Crippen molar-refractivity contribution in [1.82, 2.24) is 0 Å². The van der Waals surface area contributed by atoms with Gasteiger partial charge in [0.2, 0.25) is 0 Å². The Hall–Kier alpha value is -2.52. The summed E-state index contributed by atoms with van der Waals surface area (Å²) in [5.41, 5.74) is 0.822. The van der Waals surface area contributed by atoms with Crippen LogP contribution in [-0.4, -0.2) is 23.1 Å². The summed E-state index contributed by atoms with van der Waals surface area (Å²) in [4.78, 5) is 22.9. The van der Waals surface area contributed by atoms with Crippen molar-refractivity contribution in [2.75, 3.05) is 17.7 Å². The van der Waals surface area contributed by atoms with E-state index in [-0.39, 0.29) is 10.8 Å². The van der Waals surface area contributed by atoms with Gasteiger partial charge in [-0.05, 0) is 31.3 Å². The zero-order chi connectivity index (χ0) is 17.0. The standard InChI is InChI=1S/C14H13N3O4S2/c1-8-6-11(13(18)21-2)12(23-8)16-14(22)15-9-4-3-5-10(7-9)17(19)20/h3-7H,1-2H3,(H2,15,16,22). The van der Waals surface area contributed by atoms with Crippen LogP contribution in [0, 0.1) is 17.0 Å². The number of nitro benzene ring substituents is 1. The van der Waals surface area contributed by atoms with Crippen molar-refractivity contribution in [1.29, 1.82) is 0 Å². The average Bonchev–Trinajstić information content (AvgIpc) is 2.87. The summed E-state index contributed by atoms with van der Waals surface area (Å²) in [6.45, 7) is 1.86. The summed E-state index contributed by atoms with van der Waals surface area (Å²) in [6, 6.07) is 7.67. The second-order valence-corrected chi connectivity index (χ2v) is 6.14. The number of esters is 1. The van der Waals surface area contributed by atoms with Crippen molar-refractivity contribution in [3.63, 3.8) is 0 Å². The third-order valence-electron chi connectivity index (χ3n) is 2.80. The van der Waals surface area contributed by atoms with Gasteiger partial charge in [-0.3, -0.25) is 10.1 Å². The number of aryl methyl sites for hydroxylation is 1. The van der Waals surface area contributed by atoms with Crippen molar-refractivity contribution < 1.29 is 14.5 Å². The van der Waals surface area contributed by atoms with Gasteiger partial charge in [-0.25, -0.2) is 4.79 Å². The lowest BCUT2D eigenvalue weighted by atomic mass is 10.3. The van der Waals surface area contributed by atoms with Crippen LogP contribution in [0.5, 0.6) is 0 Å². The van der Waals surface area contributed by atoms with Crippen molar-refractivity contribution in [2.45, 2.75) is 6.92 Å². The molecule has 1 aromatic heterocycles. The molecular weight excluding hydrogens is 338 g/mol. The minimum atomic E-state index is -0.486. The molecule has 0 atom stereocenters. The molecule has 9 heteroatoms. The number of thiophene rings is 1. The summed E-state index contributed by atoms with van der Waals surface area (Å²) in [6.07, 6.45) is 0. The van der Waals surface area contributed by atoms with Crippen LogP contribution in [0.25, 0.3) is 0 Å². The molecule has 0 saturated heterocycles. The monoisotopic (exact) mass is 351 g/mol. The Morgan fingerprint density at radius 3 is 2.74 bits per heavy atom. The first-order chi connectivity index (χ1) is 10.9. The summed E-state index contributed by atoms with van der Waals surface area (Å²) >= 11 is 6.54. The minimum absolute atomic E-state index is 0.0417. The quantitative estimate of drug-likeness (QED) is 0.376. The number of rotatable bonds is 4. The summed E-state index contributed by atoms with van der Waals surface area (Å²) in [7, 11) is 1.30. The molecule has 0 fully saturated rings. The van der Waals surface area contributed by atoms with Gasteiger partial charge in [0.25, 0.3) is 5.69 Å². The lowest BCUT2D eigenvalue weighted by molar-refractivity contribution is -0.384. The number of benzene rings is 1. The lowest BCUT2D eigenvalue weighted by Crippen LogP contribution is -2.19. The Labute approximate surface area is 141 Å². The van der Waals surface area contributed by atoms with Crippen LogP contribution >= 0.6 is 23.6 Å². The molecule has 0 aliphatic heterocycles. The highest BCUT2D eigenvalue weighted by atomic mass is 32.1. The Morgan fingerprint density at radius 1 is 1.35 bits per heavy atom. The van der Waals surface area contributed by atoms with Gasteiger partial charge in [-0.15, -0.1) is 11.3 Å². The first-order valence-corrected chi connectivity index (χ1v) is 7.64. The van der Waals surface area contributed by atoms with Gasteiger partial charge >= 0.3 is 5.97 Å². The highest BCUT2D eigenvalue weighted by molar-refractivity contribution is 7.80. The number of hydrogen-bond donors (Lipinski definition) is 2. The number of carbonyl (C=O) groups is 1. The number of nitrogens with zero attached hydrogens (tertiary/aromatic N) is 1. The molecule has 0 aliphatic carbocycles. The first kappa shape index (κ1) is 16.8. The van der Waals surface area contributed by atoms with E-state index in [1.807, 2.05) is 6.92 Å². The van der Waals surface area contributed by atoms with Crippen LogP contribution in [0.2, 0.25) is 0 Å². The Kier molecular flexibility index (Phi) is 5.24. The van der Waals surface area contributed by atoms with Gasteiger partial charge < -0.3 is 15.4 Å². The molecule has 0 amide bonds. The molecule has 2 aromatic rings. The van der Waals surface area contributed by atoms with Crippen LogP contribution in [0.4, 0.5) is 16.4 Å². The van der Waals surface area contributed by atoms with Crippen LogP contribution in [0.1, 0.15) is 15.2 Å². The number of hydrogen-bond acceptors (Lipinski definition) is 6. The van der Waals surface area contributed by atoms with Gasteiger partial charge in [0.15, 0.2) is 5.11 Å². The third-order valence-corrected chi connectivity index (χ3v) is 3.97. The van der Waals surface area contributed by atoms with E-state index >= 15 is 0 Å². The summed E-state index contributed by atoms with van der Waals surface area (Å²) < 4.78 is 4.72. The maximum atomic E-state index is 11.7. The number of carbonyl (C=O) groups excluding carboxylic acids is 1. The SMILES string of the molecule is COC(=O)c1cc(C)sc1NC(=S)Nc1cccc([N+](=O)[O-])c1. The zero-order valence-electron chi connectivity index (χ0n) is 12.3. The van der Waals surface area contributed by atoms with Gasteiger partial charge in [-0.1, -0.05) is 6.07 Å². The predicted molar refractivity (Wildman–Crippen MR) is 93.3 cm³/mol. The van der Waals surface area contributed by atoms with Crippen LogP contribution in [-0.2, 0) is 4.74 Å². The molecule has 0 saturated carbocycles. The largest absolute Gasteiger partial charge is 0.465 e. The van der Waals surface area contributed by atoms with Gasteiger partial charge in [0.05, 0.1) is 17.6 Å². The van der Waals surface area contributed by atoms with Crippen LogP contribution in [0.15, 0.2) is 30.3 Å². The molecule has 120 valence electrons. The Bertz CT molecular complexity index is 773. The number of anilines is 2. The molecule has 0 spiro atoms. The molecular formula is C14H13N3O4S2. The van der Waals surface area contributed by atoms with Crippen LogP contribution in [0.3, 0.4) is 0 Å². The summed E-state index contributed by atoms with van der Waals surface area (Å²) in [5, 5.41) is 17.3. The number of nitrogens with one attached hydrogen (secondary N) is 2. The second kappa shape index (κ2) is 7.16. The van der Waals surface area contributed by atoms with E-state index in [0.717, 1.165) is 4.88 Å². The number of methoxy groups -OCH3 is 1. The molecule has 7 nitrogen and oxygen atoms in total. The van der Waals surface area contributed by atoms with E-state index in [0.29, 0.717) is 16.3 Å². The predicted octanol–water partition coefficient (Wildman–Crippen LogP) is 3.56. The van der Waals surface area contributed by atoms with E-state index in [1.54, 1.807) is 18.2 Å². The highest BCUT2D eigenvalue weighted by Gasteiger charge is 2.16. The third kappa shape index (κ3) is 4.24. The Morgan fingerprint density at radius 2 is 2.09 bits per heavy atom. The van der Waals surface area contributed by atoms with E-state index in [4.69, 9.17) is 17.0 Å². The van der Waals surface area contributed by atoms with Gasteiger partial charge in [0.1, 0.15) is 5.00 Å². The van der Waals surface area contributed by atoms with Gasteiger partial charge in [-0.2, -0.15) is 0 Å². The average molecular weight is 351 g/mol. The second-order valence-electron chi connectivity index (χ2n) is 4.48. The molecule has 23 heavy (non-hydrogen) atoms. The molecule has 0 radical (unpaired) electrons. The molecule has 1 aromatic carbocycles. The van der Waals surface area contributed by atoms with Crippen molar-refractivity contribution in [2.24, 2.45) is 0 Å². The fraction of sp³-hybridized carbons (Fsp3) is 0.143. The molecule has 0 bridgehead atoms. The highest BCUT2D eigenvalue weighted by Crippen LogP contribution is 2.28. The zero-order valence-corrected chi connectivity index (χ0v) is 13.9. The topological polar surface area (TPSA) is 93.5 Å². The lowest BCUT2D eigenvalue weighted by Gasteiger charge is -2.10. The number of non-ortho nitro benzene ring substituents is 1. The maximum absolute atomic E-state index is 11.7. The van der Waals surface area contributed by atoms with E-state index in [1.165, 1.54) is 30.6 Å². The molecule has 2 N–H and O–H groups in total. The smallest absolute Gasteiger partial charge is 0.340 e. The van der Waals surface area contributed by atoms with Crippen molar-refractivity contribution in [3.05, 3.63) is 50.9 Å².